The van der Waals surface area contributed by atoms with E-state index in [0.717, 1.165) is 54.5 Å². The van der Waals surface area contributed by atoms with E-state index in [4.69, 9.17) is 0 Å². The van der Waals surface area contributed by atoms with Crippen molar-refractivity contribution in [2.45, 2.75) is 58.0 Å². The maximum absolute atomic E-state index is 13.5. The Hall–Kier alpha value is -2.34. The number of benzene rings is 1. The van der Waals surface area contributed by atoms with Crippen LogP contribution >= 0.6 is 0 Å². The zero-order chi connectivity index (χ0) is 19.9. The first kappa shape index (κ1) is 19.0. The summed E-state index contributed by atoms with van der Waals surface area (Å²) in [6.07, 6.45) is 3.14. The maximum atomic E-state index is 13.5. The highest BCUT2D eigenvalue weighted by Gasteiger charge is 2.48. The average Bonchev–Trinajstić information content (AvgIpc) is 3.13. The number of carbonyl (C=O) groups excluding carboxylic acids is 2. The van der Waals surface area contributed by atoms with Crippen LogP contribution in [-0.2, 0) is 16.0 Å². The molecule has 3 heterocycles. The lowest BCUT2D eigenvalue weighted by Gasteiger charge is -2.41. The SMILES string of the molecule is CC(=O)N[C@H]1CN(C(=O)Cc2c(C)[nH]c3ccc(C)cc23)C2(CCNCC2)C1. The van der Waals surface area contributed by atoms with Crippen LogP contribution in [0.5, 0.6) is 0 Å². The normalized spacial score (nSPS) is 21.4. The number of fused-ring (bicyclic) bond motifs is 1. The first-order chi connectivity index (χ1) is 13.4. The molecule has 0 saturated carbocycles. The van der Waals surface area contributed by atoms with Crippen LogP contribution in [0.4, 0.5) is 0 Å². The van der Waals surface area contributed by atoms with Crippen molar-refractivity contribution >= 4 is 22.7 Å². The highest BCUT2D eigenvalue weighted by atomic mass is 16.2. The van der Waals surface area contributed by atoms with Crippen LogP contribution in [0.15, 0.2) is 18.2 Å². The van der Waals surface area contributed by atoms with Crippen molar-refractivity contribution in [1.29, 1.82) is 0 Å². The van der Waals surface area contributed by atoms with Gasteiger partial charge in [-0.15, -0.1) is 0 Å². The second kappa shape index (κ2) is 7.24. The predicted octanol–water partition coefficient (Wildman–Crippen LogP) is 2.19. The number of H-pyrrole nitrogens is 1. The van der Waals surface area contributed by atoms with E-state index in [-0.39, 0.29) is 23.4 Å². The number of aromatic nitrogens is 1. The molecule has 0 unspecified atom stereocenters. The summed E-state index contributed by atoms with van der Waals surface area (Å²) in [6.45, 7) is 8.12. The van der Waals surface area contributed by atoms with Gasteiger partial charge in [-0.2, -0.15) is 0 Å². The summed E-state index contributed by atoms with van der Waals surface area (Å²) in [5.41, 5.74) is 4.30. The Bertz CT molecular complexity index is 911. The molecule has 6 nitrogen and oxygen atoms in total. The Balaban J connectivity index is 1.61. The van der Waals surface area contributed by atoms with Gasteiger partial charge in [0.15, 0.2) is 0 Å². The van der Waals surface area contributed by atoms with Gasteiger partial charge in [-0.3, -0.25) is 9.59 Å². The van der Waals surface area contributed by atoms with Gasteiger partial charge in [0.25, 0.3) is 0 Å². The lowest BCUT2D eigenvalue weighted by molar-refractivity contribution is -0.135. The fourth-order valence-corrected chi connectivity index (χ4v) is 5.13. The Kier molecular flexibility index (Phi) is 4.91. The fraction of sp³-hybridized carbons (Fsp3) is 0.545. The highest BCUT2D eigenvalue weighted by molar-refractivity contribution is 5.91. The molecule has 0 bridgehead atoms. The summed E-state index contributed by atoms with van der Waals surface area (Å²) in [4.78, 5) is 30.6. The van der Waals surface area contributed by atoms with E-state index in [1.54, 1.807) is 6.92 Å². The standard InChI is InChI=1S/C22H30N4O2/c1-14-4-5-20-19(10-14)18(15(2)24-20)11-21(28)26-13-17(25-16(3)27)12-22(26)6-8-23-9-7-22/h4-5,10,17,23-24H,6-9,11-13H2,1-3H3,(H,25,27)/t17-/m1/s1. The minimum absolute atomic E-state index is 0.0219. The van der Waals surface area contributed by atoms with Crippen molar-refractivity contribution in [3.05, 3.63) is 35.0 Å². The molecular formula is C22H30N4O2. The number of aromatic amines is 1. The van der Waals surface area contributed by atoms with Crippen molar-refractivity contribution in [2.24, 2.45) is 0 Å². The molecule has 3 N–H and O–H groups in total. The van der Waals surface area contributed by atoms with Gasteiger partial charge in [-0.05, 0) is 63.9 Å². The number of aryl methyl sites for hydroxylation is 2. The van der Waals surface area contributed by atoms with Gasteiger partial charge < -0.3 is 20.5 Å². The van der Waals surface area contributed by atoms with Gasteiger partial charge in [-0.1, -0.05) is 11.6 Å². The molecule has 2 saturated heterocycles. The Morgan fingerprint density at radius 3 is 2.71 bits per heavy atom. The molecule has 2 aliphatic rings. The molecule has 1 aromatic heterocycles. The molecule has 28 heavy (non-hydrogen) atoms. The van der Waals surface area contributed by atoms with Crippen molar-refractivity contribution in [3.8, 4) is 0 Å². The number of nitrogens with one attached hydrogen (secondary N) is 3. The number of hydrogen-bond acceptors (Lipinski definition) is 3. The molecule has 2 amide bonds. The van der Waals surface area contributed by atoms with Gasteiger partial charge in [-0.25, -0.2) is 0 Å². The summed E-state index contributed by atoms with van der Waals surface area (Å²) in [6, 6.07) is 6.38. The predicted molar refractivity (Wildman–Crippen MR) is 110 cm³/mol. The van der Waals surface area contributed by atoms with Crippen LogP contribution in [0.1, 0.15) is 43.0 Å². The Morgan fingerprint density at radius 2 is 2.00 bits per heavy atom. The minimum Gasteiger partial charge on any atom is -0.358 e. The second-order valence-corrected chi connectivity index (χ2v) is 8.53. The quantitative estimate of drug-likeness (QED) is 0.762. The minimum atomic E-state index is -0.134. The number of hydrogen-bond donors (Lipinski definition) is 3. The average molecular weight is 383 g/mol. The van der Waals surface area contributed by atoms with Gasteiger partial charge in [0.05, 0.1) is 6.42 Å². The van der Waals surface area contributed by atoms with Gasteiger partial charge in [0, 0.05) is 41.6 Å². The van der Waals surface area contributed by atoms with E-state index < -0.39 is 0 Å². The first-order valence-corrected chi connectivity index (χ1v) is 10.2. The molecule has 150 valence electrons. The van der Waals surface area contributed by atoms with E-state index in [0.29, 0.717) is 13.0 Å². The lowest BCUT2D eigenvalue weighted by atomic mass is 9.84. The summed E-state index contributed by atoms with van der Waals surface area (Å²) >= 11 is 0. The van der Waals surface area contributed by atoms with Crippen molar-refractivity contribution in [3.63, 3.8) is 0 Å². The van der Waals surface area contributed by atoms with Gasteiger partial charge in [0.2, 0.25) is 11.8 Å². The number of likely N-dealkylation sites (tertiary alicyclic amines) is 1. The monoisotopic (exact) mass is 382 g/mol. The lowest BCUT2D eigenvalue weighted by Crippen LogP contribution is -2.53. The summed E-state index contributed by atoms with van der Waals surface area (Å²) < 4.78 is 0. The van der Waals surface area contributed by atoms with Crippen LogP contribution in [0.25, 0.3) is 10.9 Å². The molecule has 1 aromatic carbocycles. The van der Waals surface area contributed by atoms with Crippen LogP contribution in [0, 0.1) is 13.8 Å². The third-order valence-corrected chi connectivity index (χ3v) is 6.45. The van der Waals surface area contributed by atoms with Crippen LogP contribution < -0.4 is 10.6 Å². The zero-order valence-electron chi connectivity index (χ0n) is 17.0. The third-order valence-electron chi connectivity index (χ3n) is 6.45. The summed E-state index contributed by atoms with van der Waals surface area (Å²) in [5.74, 6) is 0.145. The van der Waals surface area contributed by atoms with Crippen LogP contribution in [0.3, 0.4) is 0 Å². The maximum Gasteiger partial charge on any atom is 0.227 e. The number of nitrogens with zero attached hydrogens (tertiary/aromatic N) is 1. The van der Waals surface area contributed by atoms with E-state index in [2.05, 4.69) is 45.6 Å². The van der Waals surface area contributed by atoms with E-state index in [9.17, 15) is 9.59 Å². The highest BCUT2D eigenvalue weighted by Crippen LogP contribution is 2.38. The fourth-order valence-electron chi connectivity index (χ4n) is 5.13. The molecule has 2 fully saturated rings. The molecule has 1 atom stereocenters. The smallest absolute Gasteiger partial charge is 0.227 e. The Labute approximate surface area is 166 Å². The summed E-state index contributed by atoms with van der Waals surface area (Å²) in [5, 5.41) is 7.59. The van der Waals surface area contributed by atoms with Crippen molar-refractivity contribution in [2.75, 3.05) is 19.6 Å². The van der Waals surface area contributed by atoms with Crippen molar-refractivity contribution in [1.82, 2.24) is 20.5 Å². The van der Waals surface area contributed by atoms with E-state index in [1.807, 2.05) is 6.92 Å². The van der Waals surface area contributed by atoms with Crippen molar-refractivity contribution < 1.29 is 9.59 Å². The Morgan fingerprint density at radius 1 is 1.25 bits per heavy atom. The molecule has 4 rings (SSSR count). The number of piperidine rings is 1. The third kappa shape index (κ3) is 3.41. The molecule has 2 aliphatic heterocycles. The molecular weight excluding hydrogens is 352 g/mol. The second-order valence-electron chi connectivity index (χ2n) is 8.53. The van der Waals surface area contributed by atoms with Crippen LogP contribution in [0.2, 0.25) is 0 Å². The number of rotatable bonds is 3. The largest absolute Gasteiger partial charge is 0.358 e. The molecule has 1 spiro atoms. The molecule has 0 aliphatic carbocycles. The first-order valence-electron chi connectivity index (χ1n) is 10.2. The van der Waals surface area contributed by atoms with Gasteiger partial charge >= 0.3 is 0 Å². The zero-order valence-corrected chi connectivity index (χ0v) is 17.0. The molecule has 6 heteroatoms. The van der Waals surface area contributed by atoms with E-state index >= 15 is 0 Å². The van der Waals surface area contributed by atoms with Crippen LogP contribution in [-0.4, -0.2) is 52.9 Å². The molecule has 2 aromatic rings. The summed E-state index contributed by atoms with van der Waals surface area (Å²) in [7, 11) is 0. The number of carbonyl (C=O) groups is 2. The molecule has 0 radical (unpaired) electrons. The number of amides is 2. The topological polar surface area (TPSA) is 77.2 Å². The van der Waals surface area contributed by atoms with E-state index in [1.165, 1.54) is 5.56 Å². The van der Waals surface area contributed by atoms with Gasteiger partial charge in [0.1, 0.15) is 0 Å².